The lowest BCUT2D eigenvalue weighted by atomic mass is 10.1. The molecule has 160 valence electrons. The van der Waals surface area contributed by atoms with E-state index in [-0.39, 0.29) is 5.91 Å². The van der Waals surface area contributed by atoms with Crippen LogP contribution in [0.3, 0.4) is 0 Å². The van der Waals surface area contributed by atoms with Crippen molar-refractivity contribution in [1.29, 1.82) is 0 Å². The van der Waals surface area contributed by atoms with Crippen LogP contribution in [0.2, 0.25) is 0 Å². The quantitative estimate of drug-likeness (QED) is 0.412. The summed E-state index contributed by atoms with van der Waals surface area (Å²) in [5, 5.41) is 1.61. The Labute approximate surface area is 187 Å². The summed E-state index contributed by atoms with van der Waals surface area (Å²) < 4.78 is 13.5. The zero-order valence-corrected chi connectivity index (χ0v) is 18.7. The molecule has 0 bridgehead atoms. The van der Waals surface area contributed by atoms with Gasteiger partial charge in [0.05, 0.1) is 13.7 Å². The smallest absolute Gasteiger partial charge is 0.276 e. The maximum atomic E-state index is 12.8. The predicted octanol–water partition coefficient (Wildman–Crippen LogP) is 4.15. The van der Waals surface area contributed by atoms with Gasteiger partial charge in [-0.1, -0.05) is 30.3 Å². The normalized spacial score (nSPS) is 15.4. The minimum atomic E-state index is -0.0636. The molecule has 1 aliphatic rings. The molecular formula is C24H25N3O3S. The highest BCUT2D eigenvalue weighted by molar-refractivity contribution is 7.80. The zero-order chi connectivity index (χ0) is 22.0. The van der Waals surface area contributed by atoms with Crippen molar-refractivity contribution in [2.45, 2.75) is 13.5 Å². The number of likely N-dealkylation sites (N-methyl/N-ethyl adjacent to an activating group) is 2. The fraction of sp³-hybridized carbons (Fsp3) is 0.250. The molecule has 6 nitrogen and oxygen atoms in total. The van der Waals surface area contributed by atoms with Gasteiger partial charge in [-0.2, -0.15) is 0 Å². The number of ether oxygens (including phenoxy) is 2. The molecule has 1 amide bonds. The number of amides is 1. The van der Waals surface area contributed by atoms with Gasteiger partial charge >= 0.3 is 0 Å². The molecule has 0 radical (unpaired) electrons. The molecule has 3 aromatic rings. The molecule has 2 heterocycles. The van der Waals surface area contributed by atoms with Crippen LogP contribution >= 0.6 is 12.2 Å². The molecule has 0 saturated carbocycles. The first-order valence-electron chi connectivity index (χ1n) is 10.2. The average molecular weight is 436 g/mol. The van der Waals surface area contributed by atoms with Crippen molar-refractivity contribution in [3.05, 3.63) is 66.0 Å². The Morgan fingerprint density at radius 1 is 1.06 bits per heavy atom. The Hall–Kier alpha value is -3.32. The number of nitrogens with zero attached hydrogens (tertiary/aromatic N) is 3. The van der Waals surface area contributed by atoms with E-state index in [9.17, 15) is 4.79 Å². The SMILES string of the molecule is CCN1C(=O)/C(=C/c2cn(CCOc3ccccc3OC)c3ccccc23)N(C)C1=S. The van der Waals surface area contributed by atoms with Crippen LogP contribution in [-0.2, 0) is 11.3 Å². The Balaban J connectivity index is 1.61. The van der Waals surface area contributed by atoms with Gasteiger partial charge in [0.25, 0.3) is 5.91 Å². The molecule has 0 N–H and O–H groups in total. The number of fused-ring (bicyclic) bond motifs is 1. The highest BCUT2D eigenvalue weighted by atomic mass is 32.1. The molecule has 1 fully saturated rings. The van der Waals surface area contributed by atoms with Crippen molar-refractivity contribution >= 4 is 40.2 Å². The first-order valence-corrected chi connectivity index (χ1v) is 10.6. The number of carbonyl (C=O) groups excluding carboxylic acids is 1. The number of methoxy groups -OCH3 is 1. The van der Waals surface area contributed by atoms with Crippen LogP contribution < -0.4 is 9.47 Å². The Morgan fingerprint density at radius 2 is 1.77 bits per heavy atom. The topological polar surface area (TPSA) is 46.9 Å². The fourth-order valence-electron chi connectivity index (χ4n) is 3.80. The van der Waals surface area contributed by atoms with Gasteiger partial charge < -0.3 is 18.9 Å². The summed E-state index contributed by atoms with van der Waals surface area (Å²) in [6.45, 7) is 3.63. The van der Waals surface area contributed by atoms with Crippen LogP contribution in [0.1, 0.15) is 12.5 Å². The molecule has 31 heavy (non-hydrogen) atoms. The van der Waals surface area contributed by atoms with Gasteiger partial charge in [0, 0.05) is 36.3 Å². The van der Waals surface area contributed by atoms with E-state index in [0.717, 1.165) is 22.2 Å². The van der Waals surface area contributed by atoms with Crippen molar-refractivity contribution in [2.24, 2.45) is 0 Å². The molecule has 1 aliphatic heterocycles. The van der Waals surface area contributed by atoms with Crippen molar-refractivity contribution in [3.8, 4) is 11.5 Å². The molecule has 0 spiro atoms. The maximum Gasteiger partial charge on any atom is 0.276 e. The lowest BCUT2D eigenvalue weighted by Crippen LogP contribution is -2.30. The van der Waals surface area contributed by atoms with E-state index >= 15 is 0 Å². The van der Waals surface area contributed by atoms with Crippen LogP contribution in [0, 0.1) is 0 Å². The largest absolute Gasteiger partial charge is 0.493 e. The van der Waals surface area contributed by atoms with Gasteiger partial charge in [0.1, 0.15) is 12.3 Å². The lowest BCUT2D eigenvalue weighted by Gasteiger charge is -2.13. The number of para-hydroxylation sites is 3. The summed E-state index contributed by atoms with van der Waals surface area (Å²) in [6.07, 6.45) is 3.98. The monoisotopic (exact) mass is 435 g/mol. The number of aromatic nitrogens is 1. The van der Waals surface area contributed by atoms with E-state index in [2.05, 4.69) is 22.9 Å². The van der Waals surface area contributed by atoms with Gasteiger partial charge in [-0.15, -0.1) is 0 Å². The third-order valence-corrected chi connectivity index (χ3v) is 5.92. The highest BCUT2D eigenvalue weighted by Crippen LogP contribution is 2.28. The molecule has 0 aliphatic carbocycles. The van der Waals surface area contributed by atoms with Gasteiger partial charge in [-0.05, 0) is 43.4 Å². The van der Waals surface area contributed by atoms with Crippen LogP contribution in [0.4, 0.5) is 0 Å². The van der Waals surface area contributed by atoms with Crippen LogP contribution in [0.5, 0.6) is 11.5 Å². The Bertz CT molecular complexity index is 1170. The Kier molecular flexibility index (Phi) is 5.95. The second-order valence-corrected chi connectivity index (χ2v) is 7.58. The highest BCUT2D eigenvalue weighted by Gasteiger charge is 2.34. The minimum Gasteiger partial charge on any atom is -0.493 e. The van der Waals surface area contributed by atoms with Crippen molar-refractivity contribution in [2.75, 3.05) is 27.3 Å². The summed E-state index contributed by atoms with van der Waals surface area (Å²) >= 11 is 5.42. The molecule has 0 atom stereocenters. The number of benzene rings is 2. The average Bonchev–Trinajstić information content (AvgIpc) is 3.24. The van der Waals surface area contributed by atoms with Crippen molar-refractivity contribution in [1.82, 2.24) is 14.4 Å². The van der Waals surface area contributed by atoms with E-state index in [1.165, 1.54) is 0 Å². The summed E-state index contributed by atoms with van der Waals surface area (Å²) in [6, 6.07) is 15.8. The maximum absolute atomic E-state index is 12.8. The third-order valence-electron chi connectivity index (χ3n) is 5.43. The number of carbonyl (C=O) groups is 1. The summed E-state index contributed by atoms with van der Waals surface area (Å²) in [5.41, 5.74) is 2.64. The summed E-state index contributed by atoms with van der Waals surface area (Å²) in [5.74, 6) is 1.37. The minimum absolute atomic E-state index is 0.0636. The second-order valence-electron chi connectivity index (χ2n) is 7.21. The molecular weight excluding hydrogens is 410 g/mol. The number of rotatable bonds is 7. The number of thiocarbonyl (C=S) groups is 1. The number of hydrogen-bond acceptors (Lipinski definition) is 4. The first kappa shape index (κ1) is 20.9. The van der Waals surface area contributed by atoms with E-state index in [4.69, 9.17) is 21.7 Å². The molecule has 1 aromatic heterocycles. The van der Waals surface area contributed by atoms with Gasteiger partial charge in [0.15, 0.2) is 16.6 Å². The summed E-state index contributed by atoms with van der Waals surface area (Å²) in [7, 11) is 3.47. The molecule has 0 unspecified atom stereocenters. The second kappa shape index (κ2) is 8.81. The number of hydrogen-bond donors (Lipinski definition) is 0. The first-order chi connectivity index (χ1) is 15.0. The zero-order valence-electron chi connectivity index (χ0n) is 17.9. The fourth-order valence-corrected chi connectivity index (χ4v) is 4.11. The van der Waals surface area contributed by atoms with Gasteiger partial charge in [-0.25, -0.2) is 0 Å². The standard InChI is InChI=1S/C24H25N3O3S/c1-4-27-23(28)20(25(2)24(27)31)15-17-16-26(19-10-6-5-9-18(17)19)13-14-30-22-12-8-7-11-21(22)29-3/h5-12,15-16H,4,13-14H2,1-3H3/b20-15-. The Morgan fingerprint density at radius 3 is 2.48 bits per heavy atom. The van der Waals surface area contributed by atoms with E-state index in [1.54, 1.807) is 16.9 Å². The van der Waals surface area contributed by atoms with E-state index in [0.29, 0.717) is 36.3 Å². The van der Waals surface area contributed by atoms with Crippen LogP contribution in [0.15, 0.2) is 60.4 Å². The molecule has 2 aromatic carbocycles. The van der Waals surface area contributed by atoms with Crippen molar-refractivity contribution in [3.63, 3.8) is 0 Å². The van der Waals surface area contributed by atoms with Crippen LogP contribution in [-0.4, -0.2) is 52.7 Å². The van der Waals surface area contributed by atoms with Gasteiger partial charge in [-0.3, -0.25) is 9.69 Å². The van der Waals surface area contributed by atoms with Crippen molar-refractivity contribution < 1.29 is 14.3 Å². The van der Waals surface area contributed by atoms with E-state index in [1.807, 2.05) is 56.4 Å². The molecule has 4 rings (SSSR count). The molecule has 7 heteroatoms. The predicted molar refractivity (Wildman–Crippen MR) is 126 cm³/mol. The lowest BCUT2D eigenvalue weighted by molar-refractivity contribution is -0.122. The van der Waals surface area contributed by atoms with E-state index < -0.39 is 0 Å². The summed E-state index contributed by atoms with van der Waals surface area (Å²) in [4.78, 5) is 16.2. The third kappa shape index (κ3) is 3.88. The molecule has 1 saturated heterocycles. The van der Waals surface area contributed by atoms with Crippen LogP contribution in [0.25, 0.3) is 17.0 Å². The van der Waals surface area contributed by atoms with Gasteiger partial charge in [0.2, 0.25) is 0 Å².